The van der Waals surface area contributed by atoms with Crippen LogP contribution in [0.15, 0.2) is 0 Å². The summed E-state index contributed by atoms with van der Waals surface area (Å²) in [6.45, 7) is 3.45. The van der Waals surface area contributed by atoms with E-state index in [2.05, 4.69) is 6.92 Å². The van der Waals surface area contributed by atoms with E-state index >= 15 is 0 Å². The molecule has 2 atom stereocenters. The first-order valence-corrected chi connectivity index (χ1v) is 5.97. The second-order valence-electron chi connectivity index (χ2n) is 4.59. The van der Waals surface area contributed by atoms with Crippen molar-refractivity contribution in [3.63, 3.8) is 0 Å². The molecule has 1 heterocycles. The van der Waals surface area contributed by atoms with Crippen molar-refractivity contribution in [2.75, 3.05) is 19.6 Å². The summed E-state index contributed by atoms with van der Waals surface area (Å²) in [5.74, 6) is 0.635. The van der Waals surface area contributed by atoms with Crippen molar-refractivity contribution < 1.29 is 13.2 Å². The van der Waals surface area contributed by atoms with E-state index in [1.54, 1.807) is 0 Å². The zero-order valence-electron chi connectivity index (χ0n) is 9.76. The first kappa shape index (κ1) is 13.8. The highest BCUT2D eigenvalue weighted by Gasteiger charge is 2.32. The van der Waals surface area contributed by atoms with Crippen molar-refractivity contribution in [3.05, 3.63) is 0 Å². The van der Waals surface area contributed by atoms with Crippen LogP contribution in [-0.2, 0) is 0 Å². The third-order valence-electron chi connectivity index (χ3n) is 3.48. The number of rotatable bonds is 4. The van der Waals surface area contributed by atoms with Gasteiger partial charge in [-0.25, -0.2) is 0 Å². The predicted octanol–water partition coefficient (Wildman–Crippen LogP) is 2.39. The van der Waals surface area contributed by atoms with E-state index in [4.69, 9.17) is 5.73 Å². The maximum absolute atomic E-state index is 12.1. The molecule has 0 bridgehead atoms. The standard InChI is InChI=1S/C11H21F3N2/c1-2-9-3-5-16(10(7-9)8-15)6-4-11(12,13)14/h9-10H,2-8,15H2,1H3. The SMILES string of the molecule is CCC1CCN(CCC(F)(F)F)C(CN)C1. The molecule has 5 heteroatoms. The average Bonchev–Trinajstić information content (AvgIpc) is 2.25. The van der Waals surface area contributed by atoms with E-state index in [1.807, 2.05) is 4.90 Å². The molecule has 1 fully saturated rings. The summed E-state index contributed by atoms with van der Waals surface area (Å²) in [4.78, 5) is 1.90. The number of halogens is 3. The molecule has 0 aliphatic carbocycles. The van der Waals surface area contributed by atoms with Gasteiger partial charge in [0, 0.05) is 19.1 Å². The Balaban J connectivity index is 2.41. The van der Waals surface area contributed by atoms with Gasteiger partial charge in [0.1, 0.15) is 0 Å². The number of hydrogen-bond acceptors (Lipinski definition) is 2. The fourth-order valence-corrected chi connectivity index (χ4v) is 2.36. The fraction of sp³-hybridized carbons (Fsp3) is 1.00. The maximum Gasteiger partial charge on any atom is 0.390 e. The number of hydrogen-bond donors (Lipinski definition) is 1. The lowest BCUT2D eigenvalue weighted by Gasteiger charge is -2.39. The second kappa shape index (κ2) is 5.87. The normalized spacial score (nSPS) is 28.3. The fourth-order valence-electron chi connectivity index (χ4n) is 2.36. The Kier molecular flexibility index (Phi) is 5.05. The Morgan fingerprint density at radius 1 is 1.38 bits per heavy atom. The third-order valence-corrected chi connectivity index (χ3v) is 3.48. The highest BCUT2D eigenvalue weighted by molar-refractivity contribution is 4.82. The van der Waals surface area contributed by atoms with Gasteiger partial charge in [0.05, 0.1) is 6.42 Å². The molecule has 2 unspecified atom stereocenters. The molecule has 0 aromatic carbocycles. The second-order valence-corrected chi connectivity index (χ2v) is 4.59. The van der Waals surface area contributed by atoms with Crippen LogP contribution in [0.2, 0.25) is 0 Å². The average molecular weight is 238 g/mol. The van der Waals surface area contributed by atoms with Gasteiger partial charge in [0.2, 0.25) is 0 Å². The van der Waals surface area contributed by atoms with E-state index in [0.717, 1.165) is 25.8 Å². The van der Waals surface area contributed by atoms with Crippen LogP contribution >= 0.6 is 0 Å². The minimum absolute atomic E-state index is 0.0990. The van der Waals surface area contributed by atoms with Crippen molar-refractivity contribution in [1.82, 2.24) is 4.90 Å². The molecule has 1 saturated heterocycles. The quantitative estimate of drug-likeness (QED) is 0.814. The van der Waals surface area contributed by atoms with Crippen LogP contribution in [0.25, 0.3) is 0 Å². The van der Waals surface area contributed by atoms with E-state index in [1.165, 1.54) is 0 Å². The molecule has 0 saturated carbocycles. The molecule has 0 aromatic heterocycles. The van der Waals surface area contributed by atoms with Crippen molar-refractivity contribution >= 4 is 0 Å². The largest absolute Gasteiger partial charge is 0.390 e. The summed E-state index contributed by atoms with van der Waals surface area (Å²) in [5.41, 5.74) is 5.63. The van der Waals surface area contributed by atoms with Gasteiger partial charge in [-0.1, -0.05) is 13.3 Å². The highest BCUT2D eigenvalue weighted by Crippen LogP contribution is 2.27. The molecule has 0 radical (unpaired) electrons. The Morgan fingerprint density at radius 3 is 2.56 bits per heavy atom. The predicted molar refractivity (Wildman–Crippen MR) is 58.1 cm³/mol. The highest BCUT2D eigenvalue weighted by atomic mass is 19.4. The van der Waals surface area contributed by atoms with Gasteiger partial charge in [0.15, 0.2) is 0 Å². The first-order chi connectivity index (χ1) is 7.46. The van der Waals surface area contributed by atoms with Gasteiger partial charge in [-0.2, -0.15) is 13.2 Å². The van der Waals surface area contributed by atoms with Crippen LogP contribution in [-0.4, -0.2) is 36.8 Å². The number of nitrogens with two attached hydrogens (primary N) is 1. The van der Waals surface area contributed by atoms with E-state index in [9.17, 15) is 13.2 Å². The third kappa shape index (κ3) is 4.29. The molecule has 2 N–H and O–H groups in total. The molecule has 1 aliphatic rings. The number of alkyl halides is 3. The Bertz CT molecular complexity index is 206. The molecule has 96 valence electrons. The molecular formula is C11H21F3N2. The Labute approximate surface area is 95.0 Å². The summed E-state index contributed by atoms with van der Waals surface area (Å²) in [6.07, 6.45) is -1.72. The van der Waals surface area contributed by atoms with Crippen LogP contribution in [0.3, 0.4) is 0 Å². The van der Waals surface area contributed by atoms with E-state index in [-0.39, 0.29) is 12.6 Å². The van der Waals surface area contributed by atoms with E-state index < -0.39 is 12.6 Å². The zero-order valence-corrected chi connectivity index (χ0v) is 9.76. The summed E-state index contributed by atoms with van der Waals surface area (Å²) in [7, 11) is 0. The van der Waals surface area contributed by atoms with Crippen LogP contribution in [0.4, 0.5) is 13.2 Å². The van der Waals surface area contributed by atoms with Crippen LogP contribution in [0.5, 0.6) is 0 Å². The van der Waals surface area contributed by atoms with Gasteiger partial charge in [-0.15, -0.1) is 0 Å². The van der Waals surface area contributed by atoms with Crippen molar-refractivity contribution in [3.8, 4) is 0 Å². The van der Waals surface area contributed by atoms with Crippen LogP contribution in [0, 0.1) is 5.92 Å². The molecule has 0 aromatic rings. The zero-order chi connectivity index (χ0) is 12.2. The monoisotopic (exact) mass is 238 g/mol. The minimum atomic E-state index is -4.05. The van der Waals surface area contributed by atoms with Crippen molar-refractivity contribution in [2.24, 2.45) is 11.7 Å². The lowest BCUT2D eigenvalue weighted by Crippen LogP contribution is -2.47. The van der Waals surface area contributed by atoms with E-state index in [0.29, 0.717) is 12.5 Å². The molecule has 0 spiro atoms. The van der Waals surface area contributed by atoms with Crippen LogP contribution in [0.1, 0.15) is 32.6 Å². The minimum Gasteiger partial charge on any atom is -0.329 e. The van der Waals surface area contributed by atoms with Crippen molar-refractivity contribution in [2.45, 2.75) is 44.8 Å². The summed E-state index contributed by atoms with van der Waals surface area (Å²) >= 11 is 0. The smallest absolute Gasteiger partial charge is 0.329 e. The molecule has 16 heavy (non-hydrogen) atoms. The maximum atomic E-state index is 12.1. The van der Waals surface area contributed by atoms with Crippen molar-refractivity contribution in [1.29, 1.82) is 0 Å². The molecule has 0 amide bonds. The molecule has 2 nitrogen and oxygen atoms in total. The van der Waals surface area contributed by atoms with Gasteiger partial charge in [-0.3, -0.25) is 4.90 Å². The van der Waals surface area contributed by atoms with Gasteiger partial charge < -0.3 is 5.73 Å². The van der Waals surface area contributed by atoms with Gasteiger partial charge >= 0.3 is 6.18 Å². The first-order valence-electron chi connectivity index (χ1n) is 5.97. The molecule has 1 rings (SSSR count). The molecule has 1 aliphatic heterocycles. The summed E-state index contributed by atoms with van der Waals surface area (Å²) in [6, 6.07) is 0.140. The lowest BCUT2D eigenvalue weighted by molar-refractivity contribution is -0.140. The Hall–Kier alpha value is -0.290. The topological polar surface area (TPSA) is 29.3 Å². The van der Waals surface area contributed by atoms with Gasteiger partial charge in [0.25, 0.3) is 0 Å². The number of likely N-dealkylation sites (tertiary alicyclic amines) is 1. The number of nitrogens with zero attached hydrogens (tertiary/aromatic N) is 1. The number of piperidine rings is 1. The molecular weight excluding hydrogens is 217 g/mol. The van der Waals surface area contributed by atoms with Crippen LogP contribution < -0.4 is 5.73 Å². The Morgan fingerprint density at radius 2 is 2.06 bits per heavy atom. The lowest BCUT2D eigenvalue weighted by atomic mass is 9.89. The summed E-state index contributed by atoms with van der Waals surface area (Å²) < 4.78 is 36.4. The van der Waals surface area contributed by atoms with Gasteiger partial charge in [-0.05, 0) is 25.3 Å². The summed E-state index contributed by atoms with van der Waals surface area (Å²) in [5, 5.41) is 0.